The molecule has 3 rings (SSSR count). The molecule has 0 amide bonds. The summed E-state index contributed by atoms with van der Waals surface area (Å²) in [6, 6.07) is 15.7. The van der Waals surface area contributed by atoms with Gasteiger partial charge in [0, 0.05) is 10.9 Å². The Labute approximate surface area is 131 Å². The van der Waals surface area contributed by atoms with E-state index in [9.17, 15) is 9.18 Å². The van der Waals surface area contributed by atoms with Gasteiger partial charge in [-0.15, -0.1) is 11.3 Å². The van der Waals surface area contributed by atoms with Crippen LogP contribution in [0, 0.1) is 5.82 Å². The van der Waals surface area contributed by atoms with E-state index in [0.717, 1.165) is 11.1 Å². The van der Waals surface area contributed by atoms with Crippen molar-refractivity contribution in [3.63, 3.8) is 0 Å². The number of carbonyl (C=O) groups is 1. The van der Waals surface area contributed by atoms with E-state index >= 15 is 0 Å². The maximum absolute atomic E-state index is 12.9. The first-order chi connectivity index (χ1) is 10.7. The van der Waals surface area contributed by atoms with Crippen LogP contribution < -0.4 is 0 Å². The standard InChI is InChI=1S/C18H12FNOS/c19-15-9-7-14(8-10-15)16-12-22-18(20-16)17(21)11-6-13-4-2-1-3-5-13/h1-12H. The summed E-state index contributed by atoms with van der Waals surface area (Å²) in [5.74, 6) is -0.428. The van der Waals surface area contributed by atoms with Gasteiger partial charge < -0.3 is 0 Å². The highest BCUT2D eigenvalue weighted by atomic mass is 32.1. The zero-order chi connectivity index (χ0) is 15.4. The molecule has 2 nitrogen and oxygen atoms in total. The van der Waals surface area contributed by atoms with Gasteiger partial charge in [0.05, 0.1) is 5.69 Å². The fourth-order valence-electron chi connectivity index (χ4n) is 1.95. The number of rotatable bonds is 4. The summed E-state index contributed by atoms with van der Waals surface area (Å²) in [7, 11) is 0. The molecule has 0 spiro atoms. The number of benzene rings is 2. The van der Waals surface area contributed by atoms with E-state index < -0.39 is 0 Å². The van der Waals surface area contributed by atoms with Crippen LogP contribution in [0.3, 0.4) is 0 Å². The summed E-state index contributed by atoms with van der Waals surface area (Å²) >= 11 is 1.29. The van der Waals surface area contributed by atoms with Gasteiger partial charge in [0.1, 0.15) is 5.82 Å². The molecule has 0 aliphatic heterocycles. The molecule has 0 N–H and O–H groups in total. The lowest BCUT2D eigenvalue weighted by Crippen LogP contribution is -1.93. The molecule has 2 aromatic carbocycles. The van der Waals surface area contributed by atoms with Crippen LogP contribution in [0.1, 0.15) is 15.4 Å². The molecule has 0 aliphatic carbocycles. The van der Waals surface area contributed by atoms with Crippen LogP contribution in [0.5, 0.6) is 0 Å². The monoisotopic (exact) mass is 309 g/mol. The van der Waals surface area contributed by atoms with Crippen molar-refractivity contribution >= 4 is 23.2 Å². The minimum atomic E-state index is -0.291. The van der Waals surface area contributed by atoms with E-state index in [4.69, 9.17) is 0 Å². The molecule has 22 heavy (non-hydrogen) atoms. The molecule has 0 fully saturated rings. The number of hydrogen-bond donors (Lipinski definition) is 0. The van der Waals surface area contributed by atoms with Gasteiger partial charge in [0.2, 0.25) is 5.78 Å². The Kier molecular flexibility index (Phi) is 4.21. The molecule has 1 heterocycles. The zero-order valence-corrected chi connectivity index (χ0v) is 12.4. The molecule has 0 unspecified atom stereocenters. The third-order valence-electron chi connectivity index (χ3n) is 3.08. The number of hydrogen-bond acceptors (Lipinski definition) is 3. The van der Waals surface area contributed by atoms with E-state index in [0.29, 0.717) is 10.7 Å². The molecule has 108 valence electrons. The highest BCUT2D eigenvalue weighted by Gasteiger charge is 2.09. The normalized spacial score (nSPS) is 11.0. The summed E-state index contributed by atoms with van der Waals surface area (Å²) in [4.78, 5) is 16.4. The predicted octanol–water partition coefficient (Wildman–Crippen LogP) is 4.85. The molecule has 4 heteroatoms. The molecule has 0 saturated carbocycles. The summed E-state index contributed by atoms with van der Waals surface area (Å²) in [6.45, 7) is 0. The lowest BCUT2D eigenvalue weighted by Gasteiger charge is -1.95. The number of thiazole rings is 1. The highest BCUT2D eigenvalue weighted by Crippen LogP contribution is 2.22. The van der Waals surface area contributed by atoms with Gasteiger partial charge in [-0.25, -0.2) is 9.37 Å². The molecule has 3 aromatic rings. The average molecular weight is 309 g/mol. The number of nitrogens with zero attached hydrogens (tertiary/aromatic N) is 1. The summed E-state index contributed by atoms with van der Waals surface area (Å²) < 4.78 is 12.9. The quantitative estimate of drug-likeness (QED) is 0.509. The highest BCUT2D eigenvalue weighted by molar-refractivity contribution is 7.12. The van der Waals surface area contributed by atoms with Crippen LogP contribution in [0.2, 0.25) is 0 Å². The fourth-order valence-corrected chi connectivity index (χ4v) is 2.69. The van der Waals surface area contributed by atoms with Gasteiger partial charge in [-0.05, 0) is 35.9 Å². The predicted molar refractivity (Wildman–Crippen MR) is 87.3 cm³/mol. The molecule has 1 aromatic heterocycles. The van der Waals surface area contributed by atoms with Crippen molar-refractivity contribution in [1.82, 2.24) is 4.98 Å². The van der Waals surface area contributed by atoms with E-state index in [1.54, 1.807) is 23.6 Å². The van der Waals surface area contributed by atoms with Crippen LogP contribution in [0.4, 0.5) is 4.39 Å². The van der Waals surface area contributed by atoms with Gasteiger partial charge in [0.15, 0.2) is 5.01 Å². The summed E-state index contributed by atoms with van der Waals surface area (Å²) in [5.41, 5.74) is 2.44. The second-order valence-corrected chi connectivity index (χ2v) is 5.51. The zero-order valence-electron chi connectivity index (χ0n) is 11.6. The summed E-state index contributed by atoms with van der Waals surface area (Å²) in [6.07, 6.45) is 3.28. The molecule has 0 bridgehead atoms. The van der Waals surface area contributed by atoms with Gasteiger partial charge >= 0.3 is 0 Å². The summed E-state index contributed by atoms with van der Waals surface area (Å²) in [5, 5.41) is 2.23. The second-order valence-electron chi connectivity index (χ2n) is 4.65. The minimum absolute atomic E-state index is 0.137. The van der Waals surface area contributed by atoms with Gasteiger partial charge in [-0.2, -0.15) is 0 Å². The third kappa shape index (κ3) is 3.35. The van der Waals surface area contributed by atoms with Gasteiger partial charge in [-0.1, -0.05) is 36.4 Å². The number of halogens is 1. The second kappa shape index (κ2) is 6.45. The largest absolute Gasteiger partial charge is 0.287 e. The van der Waals surface area contributed by atoms with Crippen LogP contribution in [0.15, 0.2) is 66.1 Å². The van der Waals surface area contributed by atoms with Crippen LogP contribution in [-0.2, 0) is 0 Å². The van der Waals surface area contributed by atoms with Crippen molar-refractivity contribution in [2.45, 2.75) is 0 Å². The Bertz CT molecular complexity index is 807. The molecule has 0 aliphatic rings. The Morgan fingerprint density at radius 3 is 2.50 bits per heavy atom. The number of aromatic nitrogens is 1. The first-order valence-corrected chi connectivity index (χ1v) is 7.59. The maximum Gasteiger partial charge on any atom is 0.214 e. The molecule has 0 radical (unpaired) electrons. The Morgan fingerprint density at radius 2 is 1.77 bits per heavy atom. The Hall–Kier alpha value is -2.59. The van der Waals surface area contributed by atoms with Crippen molar-refractivity contribution in [1.29, 1.82) is 0 Å². The maximum atomic E-state index is 12.9. The molecule has 0 saturated heterocycles. The van der Waals surface area contributed by atoms with Crippen molar-refractivity contribution in [3.8, 4) is 11.3 Å². The van der Waals surface area contributed by atoms with Crippen molar-refractivity contribution < 1.29 is 9.18 Å². The van der Waals surface area contributed by atoms with Crippen molar-refractivity contribution in [2.75, 3.05) is 0 Å². The lowest BCUT2D eigenvalue weighted by molar-refractivity contribution is 0.104. The Balaban J connectivity index is 1.77. The first kappa shape index (κ1) is 14.4. The van der Waals surface area contributed by atoms with Crippen LogP contribution >= 0.6 is 11.3 Å². The van der Waals surface area contributed by atoms with Crippen LogP contribution in [-0.4, -0.2) is 10.8 Å². The third-order valence-corrected chi connectivity index (χ3v) is 3.94. The topological polar surface area (TPSA) is 30.0 Å². The smallest absolute Gasteiger partial charge is 0.214 e. The van der Waals surface area contributed by atoms with Crippen molar-refractivity contribution in [2.24, 2.45) is 0 Å². The van der Waals surface area contributed by atoms with Crippen LogP contribution in [0.25, 0.3) is 17.3 Å². The molecular formula is C18H12FNOS. The van der Waals surface area contributed by atoms with Gasteiger partial charge in [0.25, 0.3) is 0 Å². The number of ketones is 1. The molecular weight excluding hydrogens is 297 g/mol. The van der Waals surface area contributed by atoms with Gasteiger partial charge in [-0.3, -0.25) is 4.79 Å². The molecule has 0 atom stereocenters. The average Bonchev–Trinajstić information content (AvgIpc) is 3.04. The lowest BCUT2D eigenvalue weighted by atomic mass is 10.2. The number of allylic oxidation sites excluding steroid dienone is 1. The minimum Gasteiger partial charge on any atom is -0.287 e. The van der Waals surface area contributed by atoms with E-state index in [1.807, 2.05) is 30.3 Å². The van der Waals surface area contributed by atoms with Crippen molar-refractivity contribution in [3.05, 3.63) is 82.4 Å². The fraction of sp³-hybridized carbons (Fsp3) is 0. The first-order valence-electron chi connectivity index (χ1n) is 6.71. The van der Waals surface area contributed by atoms with E-state index in [1.165, 1.54) is 29.5 Å². The van der Waals surface area contributed by atoms with E-state index in [-0.39, 0.29) is 11.6 Å². The SMILES string of the molecule is O=C(C=Cc1ccccc1)c1nc(-c2ccc(F)cc2)cs1. The van der Waals surface area contributed by atoms with E-state index in [2.05, 4.69) is 4.98 Å². The number of carbonyl (C=O) groups excluding carboxylic acids is 1. The Morgan fingerprint density at radius 1 is 1.05 bits per heavy atom.